The van der Waals surface area contributed by atoms with Gasteiger partial charge in [-0.3, -0.25) is 0 Å². The summed E-state index contributed by atoms with van der Waals surface area (Å²) in [6.07, 6.45) is 0. The van der Waals surface area contributed by atoms with Gasteiger partial charge in [-0.05, 0) is 0 Å². The van der Waals surface area contributed by atoms with Gasteiger partial charge in [0.1, 0.15) is 0 Å². The van der Waals surface area contributed by atoms with Gasteiger partial charge in [-0.25, -0.2) is 0 Å². The summed E-state index contributed by atoms with van der Waals surface area (Å²) < 4.78 is 4.71. The third-order valence-corrected chi connectivity index (χ3v) is 5.29. The topological polar surface area (TPSA) is 0 Å². The minimum atomic E-state index is -0.338. The molecule has 84 valence electrons. The molecule has 2 aromatic carbocycles. The zero-order valence-electron chi connectivity index (χ0n) is 9.51. The van der Waals surface area contributed by atoms with Crippen molar-refractivity contribution in [3.63, 3.8) is 0 Å². The van der Waals surface area contributed by atoms with Gasteiger partial charge in [0.2, 0.25) is 0 Å². The second kappa shape index (κ2) is 6.77. The number of aryl methyl sites for hydroxylation is 1. The Bertz CT molecular complexity index is 520. The van der Waals surface area contributed by atoms with Gasteiger partial charge in [-0.1, -0.05) is 0 Å². The first-order chi connectivity index (χ1) is 8.34. The van der Waals surface area contributed by atoms with E-state index < -0.39 is 0 Å². The van der Waals surface area contributed by atoms with Crippen LogP contribution in [-0.2, 0) is 0 Å². The Morgan fingerprint density at radius 1 is 0.941 bits per heavy atom. The van der Waals surface area contributed by atoms with Gasteiger partial charge in [0.25, 0.3) is 0 Å². The molecule has 0 nitrogen and oxygen atoms in total. The van der Waals surface area contributed by atoms with Crippen molar-refractivity contribution in [2.24, 2.45) is 0 Å². The summed E-state index contributed by atoms with van der Waals surface area (Å²) in [4.78, 5) is 1.23. The number of benzene rings is 2. The Hall–Kier alpha value is -0.860. The fourth-order valence-electron chi connectivity index (χ4n) is 1.25. The van der Waals surface area contributed by atoms with Crippen molar-refractivity contribution in [1.82, 2.24) is 0 Å². The van der Waals surface area contributed by atoms with Crippen LogP contribution in [0, 0.1) is 16.1 Å². The number of hydrogen-bond donors (Lipinski definition) is 0. The first-order valence-corrected chi connectivity index (χ1v) is 8.45. The van der Waals surface area contributed by atoms with Crippen LogP contribution in [0.3, 0.4) is 0 Å². The normalized spacial score (nSPS) is 9.47. The van der Waals surface area contributed by atoms with E-state index in [1.54, 1.807) is 11.8 Å². The van der Waals surface area contributed by atoms with Crippen LogP contribution >= 0.6 is 11.8 Å². The fourth-order valence-corrected chi connectivity index (χ4v) is 3.61. The van der Waals surface area contributed by atoms with E-state index in [9.17, 15) is 0 Å². The van der Waals surface area contributed by atoms with E-state index in [1.165, 1.54) is 14.1 Å². The zero-order valence-corrected chi connectivity index (χ0v) is 12.7. The second-order valence-corrected chi connectivity index (χ2v) is 6.92. The van der Waals surface area contributed by atoms with Crippen molar-refractivity contribution in [2.75, 3.05) is 0 Å². The molecule has 0 aliphatic heterocycles. The molecule has 0 N–H and O–H groups in total. The van der Waals surface area contributed by atoms with Crippen LogP contribution in [0.4, 0.5) is 0 Å². The summed E-state index contributed by atoms with van der Waals surface area (Å²) in [5, 5.41) is 3.19. The van der Waals surface area contributed by atoms with E-state index in [-0.39, 0.29) is 20.9 Å². The molecule has 0 aliphatic carbocycles. The van der Waals surface area contributed by atoms with Crippen molar-refractivity contribution in [3.05, 3.63) is 60.2 Å². The summed E-state index contributed by atoms with van der Waals surface area (Å²) in [6.45, 7) is 2.10. The molecule has 0 aromatic heterocycles. The molecule has 2 rings (SSSR count). The monoisotopic (exact) mass is 354 g/mol. The zero-order chi connectivity index (χ0) is 11.9. The Labute approximate surface area is 117 Å². The SMILES string of the molecule is Cc1ccc(SC#C[Te]c2ccccc2)cc1. The Morgan fingerprint density at radius 2 is 1.65 bits per heavy atom. The Morgan fingerprint density at radius 3 is 2.35 bits per heavy atom. The maximum absolute atomic E-state index is 3.31. The van der Waals surface area contributed by atoms with Gasteiger partial charge in [-0.2, -0.15) is 0 Å². The molecular weight excluding hydrogens is 340 g/mol. The molecule has 0 amide bonds. The van der Waals surface area contributed by atoms with Crippen LogP contribution in [0.2, 0.25) is 0 Å². The molecule has 0 saturated heterocycles. The molecule has 0 spiro atoms. The third kappa shape index (κ3) is 4.49. The minimum absolute atomic E-state index is 0.338. The van der Waals surface area contributed by atoms with Gasteiger partial charge >= 0.3 is 117 Å². The van der Waals surface area contributed by atoms with Crippen LogP contribution in [0.15, 0.2) is 59.5 Å². The van der Waals surface area contributed by atoms with Crippen molar-refractivity contribution in [1.29, 1.82) is 0 Å². The summed E-state index contributed by atoms with van der Waals surface area (Å²) >= 11 is 1.28. The van der Waals surface area contributed by atoms with Gasteiger partial charge in [-0.15, -0.1) is 0 Å². The Kier molecular flexibility index (Phi) is 5.02. The van der Waals surface area contributed by atoms with Gasteiger partial charge in [0.15, 0.2) is 0 Å². The predicted octanol–water partition coefficient (Wildman–Crippen LogP) is 3.04. The second-order valence-electron chi connectivity index (χ2n) is 3.53. The molecule has 0 saturated carbocycles. The first kappa shape index (κ1) is 12.6. The van der Waals surface area contributed by atoms with E-state index in [0.717, 1.165) is 0 Å². The van der Waals surface area contributed by atoms with Gasteiger partial charge in [0.05, 0.1) is 0 Å². The van der Waals surface area contributed by atoms with E-state index in [0.29, 0.717) is 0 Å². The molecule has 0 heterocycles. The average molecular weight is 352 g/mol. The Balaban J connectivity index is 1.89. The predicted molar refractivity (Wildman–Crippen MR) is 76.6 cm³/mol. The van der Waals surface area contributed by atoms with Crippen LogP contribution in [0.25, 0.3) is 0 Å². The van der Waals surface area contributed by atoms with Gasteiger partial charge in [0, 0.05) is 0 Å². The maximum atomic E-state index is 3.31. The molecule has 0 unspecified atom stereocenters. The summed E-state index contributed by atoms with van der Waals surface area (Å²) in [7, 11) is 0. The van der Waals surface area contributed by atoms with Crippen molar-refractivity contribution < 1.29 is 0 Å². The summed E-state index contributed by atoms with van der Waals surface area (Å²) in [5.41, 5.74) is 1.29. The molecule has 0 fully saturated rings. The number of thioether (sulfide) groups is 1. The average Bonchev–Trinajstić information content (AvgIpc) is 2.38. The molecule has 0 radical (unpaired) electrons. The van der Waals surface area contributed by atoms with Gasteiger partial charge < -0.3 is 0 Å². The molecular formula is C15H12STe. The quantitative estimate of drug-likeness (QED) is 0.455. The van der Waals surface area contributed by atoms with Crippen molar-refractivity contribution in [2.45, 2.75) is 11.8 Å². The number of hydrogen-bond acceptors (Lipinski definition) is 1. The first-order valence-electron chi connectivity index (χ1n) is 5.30. The van der Waals surface area contributed by atoms with E-state index >= 15 is 0 Å². The van der Waals surface area contributed by atoms with Crippen LogP contribution < -0.4 is 3.61 Å². The van der Waals surface area contributed by atoms with Crippen LogP contribution in [0.5, 0.6) is 0 Å². The molecule has 2 aromatic rings. The van der Waals surface area contributed by atoms with Crippen molar-refractivity contribution in [3.8, 4) is 9.22 Å². The molecule has 17 heavy (non-hydrogen) atoms. The van der Waals surface area contributed by atoms with Crippen molar-refractivity contribution >= 4 is 36.3 Å². The van der Waals surface area contributed by atoms with E-state index in [1.807, 2.05) is 6.07 Å². The third-order valence-electron chi connectivity index (χ3n) is 2.14. The molecule has 0 atom stereocenters. The summed E-state index contributed by atoms with van der Waals surface area (Å²) in [6, 6.07) is 19.0. The molecule has 0 aliphatic rings. The molecule has 0 bridgehead atoms. The van der Waals surface area contributed by atoms with Crippen LogP contribution in [0.1, 0.15) is 5.56 Å². The summed E-state index contributed by atoms with van der Waals surface area (Å²) in [5.74, 6) is 0. The number of rotatable bonds is 2. The molecule has 2 heteroatoms. The standard InChI is InChI=1S/C15H12STe/c1-13-7-9-14(10-8-13)16-11-12-17-15-5-3-2-4-6-15/h2-10H,1H3. The van der Waals surface area contributed by atoms with Crippen LogP contribution in [-0.4, -0.2) is 20.9 Å². The van der Waals surface area contributed by atoms with E-state index in [2.05, 4.69) is 64.7 Å². The fraction of sp³-hybridized carbons (Fsp3) is 0.0667. The van der Waals surface area contributed by atoms with E-state index in [4.69, 9.17) is 0 Å².